The molecule has 14 heavy (non-hydrogen) atoms. The maximum absolute atomic E-state index is 11.6. The average molecular weight is 214 g/mol. The van der Waals surface area contributed by atoms with Crippen LogP contribution in [0.15, 0.2) is 18.2 Å². The fourth-order valence-electron chi connectivity index (χ4n) is 1.03. The maximum atomic E-state index is 11.6. The van der Waals surface area contributed by atoms with Crippen molar-refractivity contribution >= 4 is 17.5 Å². The third-order valence-electron chi connectivity index (χ3n) is 2.01. The van der Waals surface area contributed by atoms with Gasteiger partial charge in [-0.05, 0) is 25.1 Å². The van der Waals surface area contributed by atoms with Crippen LogP contribution in [0.2, 0.25) is 5.02 Å². The topological polar surface area (TPSA) is 40.5 Å². The van der Waals surface area contributed by atoms with Crippen molar-refractivity contribution in [3.8, 4) is 5.75 Å². The first-order valence-corrected chi connectivity index (χ1v) is 4.68. The Labute approximate surface area is 87.9 Å². The van der Waals surface area contributed by atoms with Crippen LogP contribution in [0, 0.1) is 0 Å². The lowest BCUT2D eigenvalue weighted by Gasteiger charge is -2.15. The molecule has 3 nitrogen and oxygen atoms in total. The second kappa shape index (κ2) is 4.33. The first kappa shape index (κ1) is 10.9. The van der Waals surface area contributed by atoms with Gasteiger partial charge < -0.3 is 10.0 Å². The molecule has 76 valence electrons. The molecule has 1 aromatic rings. The van der Waals surface area contributed by atoms with Crippen molar-refractivity contribution in [3.05, 3.63) is 28.8 Å². The van der Waals surface area contributed by atoms with Gasteiger partial charge in [0.1, 0.15) is 5.75 Å². The Morgan fingerprint density at radius 2 is 2.21 bits per heavy atom. The minimum absolute atomic E-state index is 0.0807. The van der Waals surface area contributed by atoms with Crippen molar-refractivity contribution in [2.75, 3.05) is 13.6 Å². The van der Waals surface area contributed by atoms with Crippen LogP contribution in [0.25, 0.3) is 0 Å². The van der Waals surface area contributed by atoms with Crippen LogP contribution in [0.1, 0.15) is 17.3 Å². The van der Waals surface area contributed by atoms with E-state index in [2.05, 4.69) is 0 Å². The van der Waals surface area contributed by atoms with E-state index in [9.17, 15) is 9.90 Å². The molecular formula is C10H12ClNO2. The van der Waals surface area contributed by atoms with E-state index in [-0.39, 0.29) is 17.2 Å². The van der Waals surface area contributed by atoms with E-state index < -0.39 is 0 Å². The van der Waals surface area contributed by atoms with E-state index >= 15 is 0 Å². The lowest BCUT2D eigenvalue weighted by atomic mass is 10.2. The Bertz CT molecular complexity index is 352. The van der Waals surface area contributed by atoms with Crippen LogP contribution in [0.3, 0.4) is 0 Å². The first-order valence-electron chi connectivity index (χ1n) is 4.30. The average Bonchev–Trinajstić information content (AvgIpc) is 2.15. The summed E-state index contributed by atoms with van der Waals surface area (Å²) in [6, 6.07) is 4.46. The SMILES string of the molecule is CCN(C)C(=O)c1ccc(Cl)cc1O. The van der Waals surface area contributed by atoms with E-state index in [0.717, 1.165) is 0 Å². The fraction of sp³-hybridized carbons (Fsp3) is 0.300. The highest BCUT2D eigenvalue weighted by Gasteiger charge is 2.14. The van der Waals surface area contributed by atoms with Crippen LogP contribution in [-0.2, 0) is 0 Å². The third-order valence-corrected chi connectivity index (χ3v) is 2.25. The van der Waals surface area contributed by atoms with Gasteiger partial charge in [-0.25, -0.2) is 0 Å². The van der Waals surface area contributed by atoms with Gasteiger partial charge in [-0.2, -0.15) is 0 Å². The molecule has 0 aliphatic carbocycles. The molecule has 1 rings (SSSR count). The largest absolute Gasteiger partial charge is 0.507 e. The van der Waals surface area contributed by atoms with Gasteiger partial charge in [-0.15, -0.1) is 0 Å². The van der Waals surface area contributed by atoms with Crippen LogP contribution < -0.4 is 0 Å². The molecule has 0 heterocycles. The van der Waals surface area contributed by atoms with Gasteiger partial charge in [0.25, 0.3) is 5.91 Å². The maximum Gasteiger partial charge on any atom is 0.257 e. The van der Waals surface area contributed by atoms with Gasteiger partial charge in [0.15, 0.2) is 0 Å². The number of aromatic hydroxyl groups is 1. The lowest BCUT2D eigenvalue weighted by molar-refractivity contribution is 0.0799. The Balaban J connectivity index is 3.02. The molecule has 1 amide bonds. The van der Waals surface area contributed by atoms with Crippen LogP contribution in [-0.4, -0.2) is 29.5 Å². The summed E-state index contributed by atoms with van der Waals surface area (Å²) in [4.78, 5) is 13.1. The Kier molecular flexibility index (Phi) is 3.36. The lowest BCUT2D eigenvalue weighted by Crippen LogP contribution is -2.26. The van der Waals surface area contributed by atoms with Crippen molar-refractivity contribution in [1.82, 2.24) is 4.90 Å². The summed E-state index contributed by atoms with van der Waals surface area (Å²) >= 11 is 5.65. The van der Waals surface area contributed by atoms with E-state index in [0.29, 0.717) is 11.6 Å². The summed E-state index contributed by atoms with van der Waals surface area (Å²) < 4.78 is 0. The number of carbonyl (C=O) groups excluding carboxylic acids is 1. The van der Waals surface area contributed by atoms with Crippen LogP contribution in [0.5, 0.6) is 5.75 Å². The number of benzene rings is 1. The Morgan fingerprint density at radius 3 is 2.71 bits per heavy atom. The number of amides is 1. The minimum Gasteiger partial charge on any atom is -0.507 e. The van der Waals surface area contributed by atoms with Crippen molar-refractivity contribution < 1.29 is 9.90 Å². The highest BCUT2D eigenvalue weighted by molar-refractivity contribution is 6.30. The van der Waals surface area contributed by atoms with Gasteiger partial charge in [0.2, 0.25) is 0 Å². The number of nitrogens with zero attached hydrogens (tertiary/aromatic N) is 1. The summed E-state index contributed by atoms with van der Waals surface area (Å²) in [7, 11) is 1.68. The predicted molar refractivity (Wildman–Crippen MR) is 55.8 cm³/mol. The van der Waals surface area contributed by atoms with E-state index in [1.165, 1.54) is 17.0 Å². The van der Waals surface area contributed by atoms with Crippen molar-refractivity contribution in [3.63, 3.8) is 0 Å². The molecule has 0 aromatic heterocycles. The van der Waals surface area contributed by atoms with Crippen molar-refractivity contribution in [2.24, 2.45) is 0 Å². The predicted octanol–water partition coefficient (Wildman–Crippen LogP) is 2.14. The number of phenolic OH excluding ortho intramolecular Hbond substituents is 1. The molecule has 0 fully saturated rings. The number of phenols is 1. The van der Waals surface area contributed by atoms with Crippen molar-refractivity contribution in [1.29, 1.82) is 0 Å². The zero-order valence-electron chi connectivity index (χ0n) is 8.12. The summed E-state index contributed by atoms with van der Waals surface area (Å²) in [5.74, 6) is -0.288. The zero-order chi connectivity index (χ0) is 10.7. The van der Waals surface area contributed by atoms with Gasteiger partial charge in [0, 0.05) is 18.6 Å². The molecule has 1 N–H and O–H groups in total. The quantitative estimate of drug-likeness (QED) is 0.818. The van der Waals surface area contributed by atoms with Gasteiger partial charge in [-0.1, -0.05) is 11.6 Å². The van der Waals surface area contributed by atoms with Crippen LogP contribution >= 0.6 is 11.6 Å². The monoisotopic (exact) mass is 213 g/mol. The third kappa shape index (κ3) is 2.17. The van der Waals surface area contributed by atoms with E-state index in [1.807, 2.05) is 6.92 Å². The molecule has 0 aliphatic heterocycles. The molecule has 0 spiro atoms. The smallest absolute Gasteiger partial charge is 0.257 e. The standard InChI is InChI=1S/C10H12ClNO2/c1-3-12(2)10(14)8-5-4-7(11)6-9(8)13/h4-6,13H,3H2,1-2H3. The second-order valence-electron chi connectivity index (χ2n) is 2.98. The van der Waals surface area contributed by atoms with E-state index in [1.54, 1.807) is 13.1 Å². The molecule has 1 aromatic carbocycles. The second-order valence-corrected chi connectivity index (χ2v) is 3.42. The number of hydrogen-bond acceptors (Lipinski definition) is 2. The molecule has 0 unspecified atom stereocenters. The summed E-state index contributed by atoms with van der Waals surface area (Å²) in [5.41, 5.74) is 0.277. The molecule has 0 bridgehead atoms. The molecule has 4 heteroatoms. The highest BCUT2D eigenvalue weighted by atomic mass is 35.5. The van der Waals surface area contributed by atoms with Gasteiger partial charge in [0.05, 0.1) is 5.56 Å². The number of carbonyl (C=O) groups is 1. The Hall–Kier alpha value is -1.22. The van der Waals surface area contributed by atoms with Crippen LogP contribution in [0.4, 0.5) is 0 Å². The van der Waals surface area contributed by atoms with Crippen molar-refractivity contribution in [2.45, 2.75) is 6.92 Å². The minimum atomic E-state index is -0.207. The van der Waals surface area contributed by atoms with E-state index in [4.69, 9.17) is 11.6 Å². The molecule has 0 atom stereocenters. The summed E-state index contributed by atoms with van der Waals surface area (Å²) in [6.45, 7) is 2.46. The molecule has 0 radical (unpaired) electrons. The normalized spacial score (nSPS) is 9.93. The number of rotatable bonds is 2. The summed E-state index contributed by atoms with van der Waals surface area (Å²) in [5, 5.41) is 9.89. The first-order chi connectivity index (χ1) is 6.56. The molecule has 0 aliphatic rings. The number of halogens is 1. The van der Waals surface area contributed by atoms with Gasteiger partial charge >= 0.3 is 0 Å². The zero-order valence-corrected chi connectivity index (χ0v) is 8.88. The molecule has 0 saturated heterocycles. The summed E-state index contributed by atoms with van der Waals surface area (Å²) in [6.07, 6.45) is 0. The number of hydrogen-bond donors (Lipinski definition) is 1. The molecular weight excluding hydrogens is 202 g/mol. The highest BCUT2D eigenvalue weighted by Crippen LogP contribution is 2.22. The Morgan fingerprint density at radius 1 is 1.57 bits per heavy atom. The fourth-order valence-corrected chi connectivity index (χ4v) is 1.20. The van der Waals surface area contributed by atoms with Gasteiger partial charge in [-0.3, -0.25) is 4.79 Å². The molecule has 0 saturated carbocycles.